The average Bonchev–Trinajstić information content (AvgIpc) is 3.42. The van der Waals surface area contributed by atoms with Gasteiger partial charge in [0.2, 0.25) is 0 Å². The first-order valence-corrected chi connectivity index (χ1v) is 9.35. The Labute approximate surface area is 160 Å². The molecule has 0 aliphatic heterocycles. The number of nitrogens with zero attached hydrogens (tertiary/aromatic N) is 5. The molecule has 4 rings (SSSR count). The third kappa shape index (κ3) is 3.78. The van der Waals surface area contributed by atoms with Crippen LogP contribution in [0, 0.1) is 0 Å². The van der Waals surface area contributed by atoms with Crippen molar-refractivity contribution in [2.75, 3.05) is 7.05 Å². The highest BCUT2D eigenvalue weighted by Crippen LogP contribution is 2.25. The average molecular weight is 375 g/mol. The molecule has 1 amide bonds. The number of amides is 1. The van der Waals surface area contributed by atoms with Crippen LogP contribution in [0.4, 0.5) is 0 Å². The molecule has 6 nitrogen and oxygen atoms in total. The van der Waals surface area contributed by atoms with Crippen LogP contribution in [0.3, 0.4) is 0 Å². The number of tetrazole rings is 1. The van der Waals surface area contributed by atoms with Gasteiger partial charge >= 0.3 is 0 Å². The Morgan fingerprint density at radius 1 is 1.11 bits per heavy atom. The summed E-state index contributed by atoms with van der Waals surface area (Å²) < 4.78 is 1.56. The van der Waals surface area contributed by atoms with Gasteiger partial charge in [-0.3, -0.25) is 4.79 Å². The second-order valence-corrected chi connectivity index (χ2v) is 6.96. The fourth-order valence-electron chi connectivity index (χ4n) is 2.89. The third-order valence-electron chi connectivity index (χ3n) is 4.23. The number of benzene rings is 2. The van der Waals surface area contributed by atoms with E-state index >= 15 is 0 Å². The van der Waals surface area contributed by atoms with Crippen molar-refractivity contribution < 1.29 is 4.79 Å². The Balaban J connectivity index is 1.73. The van der Waals surface area contributed by atoms with E-state index in [1.807, 2.05) is 67.0 Å². The molecule has 0 unspecified atom stereocenters. The molecule has 0 radical (unpaired) electrons. The number of hydrogen-bond donors (Lipinski definition) is 0. The quantitative estimate of drug-likeness (QED) is 0.534. The molecule has 4 aromatic rings. The monoisotopic (exact) mass is 375 g/mol. The SMILES string of the molecule is CN(Cc1ccsc1)C(=O)c1cc(-c2ccccc2)cc(-n2cnnn2)c1. The summed E-state index contributed by atoms with van der Waals surface area (Å²) in [6.45, 7) is 0.568. The first-order chi connectivity index (χ1) is 13.2. The van der Waals surface area contributed by atoms with Crippen LogP contribution in [0.15, 0.2) is 71.7 Å². The van der Waals surface area contributed by atoms with Gasteiger partial charge in [0.05, 0.1) is 5.69 Å². The molecule has 0 atom stereocenters. The first kappa shape index (κ1) is 17.1. The third-order valence-corrected chi connectivity index (χ3v) is 4.96. The number of rotatable bonds is 5. The molecule has 0 spiro atoms. The van der Waals surface area contributed by atoms with Crippen molar-refractivity contribution in [3.05, 3.63) is 82.8 Å². The van der Waals surface area contributed by atoms with Gasteiger partial charge in [-0.1, -0.05) is 30.3 Å². The van der Waals surface area contributed by atoms with Crippen molar-refractivity contribution >= 4 is 17.2 Å². The molecule has 0 saturated carbocycles. The van der Waals surface area contributed by atoms with Gasteiger partial charge in [-0.05, 0) is 62.1 Å². The molecule has 0 N–H and O–H groups in total. The van der Waals surface area contributed by atoms with E-state index in [9.17, 15) is 4.79 Å². The molecule has 134 valence electrons. The van der Waals surface area contributed by atoms with Crippen LogP contribution < -0.4 is 0 Å². The van der Waals surface area contributed by atoms with Crippen molar-refractivity contribution in [2.24, 2.45) is 0 Å². The highest BCUT2D eigenvalue weighted by Gasteiger charge is 2.16. The summed E-state index contributed by atoms with van der Waals surface area (Å²) >= 11 is 1.63. The zero-order chi connectivity index (χ0) is 18.6. The molecule has 2 aromatic heterocycles. The molecule has 2 heterocycles. The van der Waals surface area contributed by atoms with Gasteiger partial charge in [0, 0.05) is 19.2 Å². The maximum atomic E-state index is 13.0. The normalized spacial score (nSPS) is 10.7. The molecule has 0 aliphatic carbocycles. The molecule has 7 heteroatoms. The number of carbonyl (C=O) groups is 1. The zero-order valence-corrected chi connectivity index (χ0v) is 15.5. The second-order valence-electron chi connectivity index (χ2n) is 6.18. The van der Waals surface area contributed by atoms with Crippen LogP contribution in [0.2, 0.25) is 0 Å². The van der Waals surface area contributed by atoms with E-state index in [4.69, 9.17) is 0 Å². The lowest BCUT2D eigenvalue weighted by Gasteiger charge is -2.18. The highest BCUT2D eigenvalue weighted by molar-refractivity contribution is 7.07. The van der Waals surface area contributed by atoms with E-state index < -0.39 is 0 Å². The standard InChI is InChI=1S/C20H17N5OS/c1-24(12-15-7-8-27-13-15)20(26)18-9-17(16-5-3-2-4-6-16)10-19(11-18)25-14-21-22-23-25/h2-11,13-14H,12H2,1H3. The van der Waals surface area contributed by atoms with Gasteiger partial charge in [-0.15, -0.1) is 5.10 Å². The van der Waals surface area contributed by atoms with Crippen LogP contribution in [-0.4, -0.2) is 38.1 Å². The van der Waals surface area contributed by atoms with E-state index in [1.165, 1.54) is 6.33 Å². The molecule has 0 fully saturated rings. The minimum absolute atomic E-state index is 0.0479. The van der Waals surface area contributed by atoms with Crippen LogP contribution in [0.1, 0.15) is 15.9 Å². The minimum atomic E-state index is -0.0479. The van der Waals surface area contributed by atoms with Crippen molar-refractivity contribution in [2.45, 2.75) is 6.54 Å². The van der Waals surface area contributed by atoms with Crippen LogP contribution in [0.5, 0.6) is 0 Å². The smallest absolute Gasteiger partial charge is 0.253 e. The van der Waals surface area contributed by atoms with E-state index in [1.54, 1.807) is 20.9 Å². The summed E-state index contributed by atoms with van der Waals surface area (Å²) in [5.41, 5.74) is 4.43. The molecular weight excluding hydrogens is 358 g/mol. The van der Waals surface area contributed by atoms with Crippen molar-refractivity contribution in [3.63, 3.8) is 0 Å². The summed E-state index contributed by atoms with van der Waals surface area (Å²) in [5, 5.41) is 15.4. The number of aromatic nitrogens is 4. The number of thiophene rings is 1. The van der Waals surface area contributed by atoms with E-state index in [0.717, 1.165) is 22.4 Å². The lowest BCUT2D eigenvalue weighted by molar-refractivity contribution is 0.0785. The minimum Gasteiger partial charge on any atom is -0.337 e. The fourth-order valence-corrected chi connectivity index (χ4v) is 3.55. The predicted molar refractivity (Wildman–Crippen MR) is 105 cm³/mol. The zero-order valence-electron chi connectivity index (χ0n) is 14.7. The Morgan fingerprint density at radius 2 is 1.96 bits per heavy atom. The van der Waals surface area contributed by atoms with Gasteiger partial charge in [-0.25, -0.2) is 4.68 Å². The summed E-state index contributed by atoms with van der Waals surface area (Å²) in [7, 11) is 1.81. The van der Waals surface area contributed by atoms with Gasteiger partial charge in [0.15, 0.2) is 0 Å². The van der Waals surface area contributed by atoms with Gasteiger partial charge in [0.25, 0.3) is 5.91 Å². The van der Waals surface area contributed by atoms with E-state index in [0.29, 0.717) is 12.1 Å². The maximum Gasteiger partial charge on any atom is 0.253 e. The van der Waals surface area contributed by atoms with Crippen molar-refractivity contribution in [3.8, 4) is 16.8 Å². The molecular formula is C20H17N5OS. The van der Waals surface area contributed by atoms with Crippen LogP contribution >= 0.6 is 11.3 Å². The van der Waals surface area contributed by atoms with Crippen molar-refractivity contribution in [1.29, 1.82) is 0 Å². The highest BCUT2D eigenvalue weighted by atomic mass is 32.1. The number of carbonyl (C=O) groups excluding carboxylic acids is 1. The van der Waals surface area contributed by atoms with E-state index in [-0.39, 0.29) is 5.91 Å². The summed E-state index contributed by atoms with van der Waals surface area (Å²) in [6, 6.07) is 17.7. The van der Waals surface area contributed by atoms with E-state index in [2.05, 4.69) is 20.9 Å². The molecule has 0 aliphatic rings. The summed E-state index contributed by atoms with van der Waals surface area (Å²) in [5.74, 6) is -0.0479. The molecule has 27 heavy (non-hydrogen) atoms. The van der Waals surface area contributed by atoms with Gasteiger partial charge in [-0.2, -0.15) is 11.3 Å². The molecule has 2 aromatic carbocycles. The Morgan fingerprint density at radius 3 is 2.67 bits per heavy atom. The number of hydrogen-bond acceptors (Lipinski definition) is 5. The lowest BCUT2D eigenvalue weighted by atomic mass is 10.0. The Kier molecular flexibility index (Phi) is 4.76. The summed E-state index contributed by atoms with van der Waals surface area (Å²) in [6.07, 6.45) is 1.52. The first-order valence-electron chi connectivity index (χ1n) is 8.41. The second kappa shape index (κ2) is 7.51. The van der Waals surface area contributed by atoms with Gasteiger partial charge < -0.3 is 4.90 Å². The molecule has 0 bridgehead atoms. The lowest BCUT2D eigenvalue weighted by Crippen LogP contribution is -2.26. The Bertz CT molecular complexity index is 1030. The summed E-state index contributed by atoms with van der Waals surface area (Å²) in [4.78, 5) is 14.8. The van der Waals surface area contributed by atoms with Crippen LogP contribution in [-0.2, 0) is 6.54 Å². The largest absolute Gasteiger partial charge is 0.337 e. The molecule has 0 saturated heterocycles. The predicted octanol–water partition coefficient (Wildman–Crippen LogP) is 3.66. The van der Waals surface area contributed by atoms with Gasteiger partial charge in [0.1, 0.15) is 6.33 Å². The Hall–Kier alpha value is -3.32. The fraction of sp³-hybridized carbons (Fsp3) is 0.100. The van der Waals surface area contributed by atoms with Crippen LogP contribution in [0.25, 0.3) is 16.8 Å². The topological polar surface area (TPSA) is 63.9 Å². The van der Waals surface area contributed by atoms with Crippen molar-refractivity contribution in [1.82, 2.24) is 25.1 Å². The maximum absolute atomic E-state index is 13.0.